The summed E-state index contributed by atoms with van der Waals surface area (Å²) in [5, 5.41) is 6.72. The summed E-state index contributed by atoms with van der Waals surface area (Å²) in [6.45, 7) is 7.38. The van der Waals surface area contributed by atoms with E-state index in [0.717, 1.165) is 77.6 Å². The quantitative estimate of drug-likeness (QED) is 0.229. The Morgan fingerprint density at radius 2 is 1.78 bits per heavy atom. The highest BCUT2D eigenvalue weighted by Crippen LogP contribution is 2.14. The van der Waals surface area contributed by atoms with Crippen LogP contribution in [0.25, 0.3) is 0 Å². The van der Waals surface area contributed by atoms with E-state index in [1.807, 2.05) is 7.05 Å². The van der Waals surface area contributed by atoms with Crippen molar-refractivity contribution in [1.82, 2.24) is 10.6 Å². The second-order valence-electron chi connectivity index (χ2n) is 6.83. The first-order valence-electron chi connectivity index (χ1n) is 9.99. The maximum Gasteiger partial charge on any atom is 0.190 e. The van der Waals surface area contributed by atoms with Gasteiger partial charge in [-0.05, 0) is 49.1 Å². The van der Waals surface area contributed by atoms with E-state index in [1.54, 1.807) is 0 Å². The van der Waals surface area contributed by atoms with Gasteiger partial charge in [-0.3, -0.25) is 4.99 Å². The van der Waals surface area contributed by atoms with Crippen molar-refractivity contribution in [3.63, 3.8) is 0 Å². The zero-order chi connectivity index (χ0) is 18.5. The van der Waals surface area contributed by atoms with E-state index < -0.39 is 0 Å². The van der Waals surface area contributed by atoms with Gasteiger partial charge < -0.3 is 20.1 Å². The van der Waals surface area contributed by atoms with Gasteiger partial charge in [0.1, 0.15) is 0 Å². The van der Waals surface area contributed by atoms with E-state index in [-0.39, 0.29) is 24.0 Å². The molecule has 0 radical (unpaired) electrons. The average Bonchev–Trinajstić information content (AvgIpc) is 2.70. The first-order valence-corrected chi connectivity index (χ1v) is 9.99. The fourth-order valence-electron chi connectivity index (χ4n) is 3.03. The van der Waals surface area contributed by atoms with Gasteiger partial charge in [-0.15, -0.1) is 24.0 Å². The van der Waals surface area contributed by atoms with Crippen molar-refractivity contribution < 1.29 is 9.47 Å². The number of aliphatic imine (C=N–C) groups is 1. The van der Waals surface area contributed by atoms with Gasteiger partial charge in [-0.25, -0.2) is 0 Å². The number of nitrogens with one attached hydrogen (secondary N) is 2. The third kappa shape index (κ3) is 10.3. The summed E-state index contributed by atoms with van der Waals surface area (Å²) in [6, 6.07) is 8.85. The van der Waals surface area contributed by atoms with Crippen LogP contribution in [0.5, 0.6) is 0 Å². The topological polar surface area (TPSA) is 54.9 Å². The number of benzene rings is 1. The number of guanidine groups is 1. The van der Waals surface area contributed by atoms with Gasteiger partial charge >= 0.3 is 0 Å². The lowest BCUT2D eigenvalue weighted by Crippen LogP contribution is -2.39. The Hall–Kier alpha value is -0.860. The molecule has 0 spiro atoms. The normalized spacial score (nSPS) is 15.3. The molecule has 1 aromatic carbocycles. The van der Waals surface area contributed by atoms with Gasteiger partial charge in [0.2, 0.25) is 0 Å². The highest BCUT2D eigenvalue weighted by molar-refractivity contribution is 14.0. The van der Waals surface area contributed by atoms with Crippen molar-refractivity contribution in [2.75, 3.05) is 46.6 Å². The number of hydrogen-bond donors (Lipinski definition) is 2. The molecule has 1 aliphatic rings. The van der Waals surface area contributed by atoms with E-state index in [1.165, 1.54) is 11.1 Å². The minimum atomic E-state index is 0. The molecule has 1 heterocycles. The first kappa shape index (κ1) is 24.2. The average molecular weight is 489 g/mol. The van der Waals surface area contributed by atoms with Crippen molar-refractivity contribution in [3.8, 4) is 0 Å². The van der Waals surface area contributed by atoms with Crippen LogP contribution in [0.1, 0.15) is 37.3 Å². The summed E-state index contributed by atoms with van der Waals surface area (Å²) < 4.78 is 11.2. The molecule has 0 saturated carbocycles. The van der Waals surface area contributed by atoms with Gasteiger partial charge in [0.25, 0.3) is 0 Å². The van der Waals surface area contributed by atoms with Crippen LogP contribution in [0.15, 0.2) is 29.3 Å². The van der Waals surface area contributed by atoms with Crippen LogP contribution in [0.4, 0.5) is 0 Å². The lowest BCUT2D eigenvalue weighted by molar-refractivity contribution is 0.0203. The van der Waals surface area contributed by atoms with E-state index in [9.17, 15) is 0 Å². The fourth-order valence-corrected chi connectivity index (χ4v) is 3.03. The Labute approximate surface area is 181 Å². The molecule has 154 valence electrons. The molecule has 0 aliphatic carbocycles. The lowest BCUT2D eigenvalue weighted by Gasteiger charge is -2.21. The van der Waals surface area contributed by atoms with Gasteiger partial charge in [0.15, 0.2) is 5.96 Å². The van der Waals surface area contributed by atoms with E-state index >= 15 is 0 Å². The molecule has 1 fully saturated rings. The second-order valence-corrected chi connectivity index (χ2v) is 6.83. The maximum absolute atomic E-state index is 5.79. The molecule has 0 aromatic heterocycles. The molecule has 6 heteroatoms. The predicted molar refractivity (Wildman–Crippen MR) is 123 cm³/mol. The Morgan fingerprint density at radius 1 is 1.11 bits per heavy atom. The molecular weight excluding hydrogens is 453 g/mol. The number of nitrogens with zero attached hydrogens (tertiary/aromatic N) is 1. The summed E-state index contributed by atoms with van der Waals surface area (Å²) in [6.07, 6.45) is 5.35. The zero-order valence-electron chi connectivity index (χ0n) is 16.8. The van der Waals surface area contributed by atoms with Crippen LogP contribution in [-0.2, 0) is 22.3 Å². The van der Waals surface area contributed by atoms with Crippen LogP contribution in [0, 0.1) is 5.92 Å². The Kier molecular flexibility index (Phi) is 13.5. The number of ether oxygens (including phenoxy) is 2. The highest BCUT2D eigenvalue weighted by atomic mass is 127. The molecular formula is C21H36IN3O2. The third-order valence-electron chi connectivity index (χ3n) is 4.81. The first-order chi connectivity index (χ1) is 12.8. The molecule has 0 atom stereocenters. The molecule has 2 N–H and O–H groups in total. The van der Waals surface area contributed by atoms with Crippen LogP contribution >= 0.6 is 24.0 Å². The SMILES string of the molecule is CCc1ccc(CCNC(=NC)NCCCOCC2CCOCC2)cc1.I. The molecule has 5 nitrogen and oxygen atoms in total. The monoisotopic (exact) mass is 489 g/mol. The summed E-state index contributed by atoms with van der Waals surface area (Å²) in [5.41, 5.74) is 2.74. The molecule has 1 aliphatic heterocycles. The molecule has 0 bridgehead atoms. The highest BCUT2D eigenvalue weighted by Gasteiger charge is 2.13. The van der Waals surface area contributed by atoms with Gasteiger partial charge in [0, 0.05) is 46.6 Å². The van der Waals surface area contributed by atoms with Crippen LogP contribution in [0.2, 0.25) is 0 Å². The summed E-state index contributed by atoms with van der Waals surface area (Å²) in [7, 11) is 1.81. The predicted octanol–water partition coefficient (Wildman–Crippen LogP) is 3.41. The van der Waals surface area contributed by atoms with Crippen LogP contribution in [0.3, 0.4) is 0 Å². The number of halogens is 1. The summed E-state index contributed by atoms with van der Waals surface area (Å²) in [4.78, 5) is 4.28. The smallest absolute Gasteiger partial charge is 0.190 e. The molecule has 0 unspecified atom stereocenters. The molecule has 0 amide bonds. The molecule has 27 heavy (non-hydrogen) atoms. The molecule has 1 saturated heterocycles. The maximum atomic E-state index is 5.79. The molecule has 2 rings (SSSR count). The number of rotatable bonds is 10. The number of hydrogen-bond acceptors (Lipinski definition) is 3. The third-order valence-corrected chi connectivity index (χ3v) is 4.81. The minimum absolute atomic E-state index is 0. The van der Waals surface area contributed by atoms with Gasteiger partial charge in [-0.1, -0.05) is 31.2 Å². The van der Waals surface area contributed by atoms with Gasteiger partial charge in [-0.2, -0.15) is 0 Å². The van der Waals surface area contributed by atoms with Gasteiger partial charge in [0.05, 0.1) is 0 Å². The van der Waals surface area contributed by atoms with Crippen molar-refractivity contribution in [2.24, 2.45) is 10.9 Å². The van der Waals surface area contributed by atoms with Crippen molar-refractivity contribution in [2.45, 2.75) is 39.0 Å². The van der Waals surface area contributed by atoms with E-state index in [0.29, 0.717) is 5.92 Å². The summed E-state index contributed by atoms with van der Waals surface area (Å²) >= 11 is 0. The molecule has 1 aromatic rings. The number of aryl methyl sites for hydroxylation is 1. The van der Waals surface area contributed by atoms with E-state index in [2.05, 4.69) is 46.8 Å². The second kappa shape index (κ2) is 15.1. The van der Waals surface area contributed by atoms with E-state index in [4.69, 9.17) is 9.47 Å². The standard InChI is InChI=1S/C21H35N3O2.HI/c1-3-18-5-7-19(8-6-18)9-13-24-21(22-2)23-12-4-14-26-17-20-10-15-25-16-11-20;/h5-8,20H,3-4,9-17H2,1-2H3,(H2,22,23,24);1H. The van der Waals surface area contributed by atoms with Crippen LogP contribution < -0.4 is 10.6 Å². The minimum Gasteiger partial charge on any atom is -0.381 e. The summed E-state index contributed by atoms with van der Waals surface area (Å²) in [5.74, 6) is 1.54. The lowest BCUT2D eigenvalue weighted by atomic mass is 10.0. The largest absolute Gasteiger partial charge is 0.381 e. The van der Waals surface area contributed by atoms with Crippen molar-refractivity contribution >= 4 is 29.9 Å². The van der Waals surface area contributed by atoms with Crippen LogP contribution in [-0.4, -0.2) is 52.5 Å². The zero-order valence-corrected chi connectivity index (χ0v) is 19.2. The Bertz CT molecular complexity index is 517. The Balaban J connectivity index is 0.00000364. The Morgan fingerprint density at radius 3 is 2.44 bits per heavy atom. The fraction of sp³-hybridized carbons (Fsp3) is 0.667. The van der Waals surface area contributed by atoms with Crippen molar-refractivity contribution in [3.05, 3.63) is 35.4 Å². The van der Waals surface area contributed by atoms with Crippen molar-refractivity contribution in [1.29, 1.82) is 0 Å².